The van der Waals surface area contributed by atoms with Gasteiger partial charge in [-0.15, -0.1) is 0 Å². The van der Waals surface area contributed by atoms with E-state index < -0.39 is 10.0 Å². The van der Waals surface area contributed by atoms with Crippen LogP contribution in [0.5, 0.6) is 6.01 Å². The van der Waals surface area contributed by atoms with Crippen molar-refractivity contribution in [3.63, 3.8) is 0 Å². The van der Waals surface area contributed by atoms with Gasteiger partial charge in [0.25, 0.3) is 0 Å². The van der Waals surface area contributed by atoms with Crippen molar-refractivity contribution in [2.75, 3.05) is 19.0 Å². The van der Waals surface area contributed by atoms with E-state index in [9.17, 15) is 8.42 Å². The number of primary sulfonamides is 1. The molecule has 0 atom stereocenters. The molecule has 10 nitrogen and oxygen atoms in total. The number of hydrogen-bond acceptors (Lipinski definition) is 8. The number of nitrogens with zero attached hydrogens (tertiary/aromatic N) is 4. The molecule has 0 saturated heterocycles. The van der Waals surface area contributed by atoms with Crippen molar-refractivity contribution in [1.82, 2.24) is 19.7 Å². The maximum Gasteiger partial charge on any atom is 0.320 e. The Kier molecular flexibility index (Phi) is 6.25. The zero-order valence-electron chi connectivity index (χ0n) is 17.4. The zero-order chi connectivity index (χ0) is 21.9. The molecule has 1 aromatic carbocycles. The van der Waals surface area contributed by atoms with Crippen LogP contribution >= 0.6 is 0 Å². The first kappa shape index (κ1) is 21.9. The van der Waals surface area contributed by atoms with Crippen molar-refractivity contribution in [3.8, 4) is 6.01 Å². The molecular formula is C19H26N6O4S. The summed E-state index contributed by atoms with van der Waals surface area (Å²) in [4.78, 5) is 8.98. The van der Waals surface area contributed by atoms with Crippen LogP contribution in [-0.4, -0.2) is 47.5 Å². The average Bonchev–Trinajstić information content (AvgIpc) is 3.07. The third-order valence-corrected chi connectivity index (χ3v) is 5.70. The molecule has 2 aromatic heterocycles. The van der Waals surface area contributed by atoms with Gasteiger partial charge in [0.15, 0.2) is 5.65 Å². The Morgan fingerprint density at radius 3 is 2.53 bits per heavy atom. The van der Waals surface area contributed by atoms with Gasteiger partial charge in [0.05, 0.1) is 28.7 Å². The molecule has 0 fully saturated rings. The molecule has 3 rings (SSSR count). The molecule has 0 saturated carbocycles. The molecule has 162 valence electrons. The van der Waals surface area contributed by atoms with Crippen LogP contribution < -0.4 is 15.2 Å². The van der Waals surface area contributed by atoms with E-state index in [1.54, 1.807) is 37.2 Å². The average molecular weight is 435 g/mol. The minimum atomic E-state index is -3.72. The summed E-state index contributed by atoms with van der Waals surface area (Å²) in [5.74, 6) is 0.574. The topological polar surface area (TPSA) is 134 Å². The molecule has 0 radical (unpaired) electrons. The van der Waals surface area contributed by atoms with Crippen molar-refractivity contribution >= 4 is 26.9 Å². The molecular weight excluding hydrogens is 408 g/mol. The van der Waals surface area contributed by atoms with Crippen LogP contribution in [0.1, 0.15) is 25.8 Å². The number of nitrogens with two attached hydrogens (primary N) is 1. The first-order valence-corrected chi connectivity index (χ1v) is 10.9. The second kappa shape index (κ2) is 8.54. The van der Waals surface area contributed by atoms with Crippen LogP contribution in [0.2, 0.25) is 0 Å². The van der Waals surface area contributed by atoms with Crippen LogP contribution in [0.4, 0.5) is 5.82 Å². The van der Waals surface area contributed by atoms with Gasteiger partial charge in [-0.25, -0.2) is 13.6 Å². The standard InChI is InChI=1S/C19H26N6O4S/c1-19(2,28-4)9-10-29-18-23-16(15-12-22-25(3)17(15)24-18)21-11-13-5-7-14(8-6-13)30(20,26)27/h5-8,12H,9-11H2,1-4H3,(H2,20,26,27)(H,21,23,24). The van der Waals surface area contributed by atoms with Crippen LogP contribution in [0, 0.1) is 0 Å². The third kappa shape index (κ3) is 5.23. The quantitative estimate of drug-likeness (QED) is 0.521. The number of aromatic nitrogens is 4. The van der Waals surface area contributed by atoms with E-state index in [1.807, 2.05) is 13.8 Å². The molecule has 3 aromatic rings. The number of methoxy groups -OCH3 is 1. The number of ether oxygens (including phenoxy) is 2. The lowest BCUT2D eigenvalue weighted by molar-refractivity contribution is 0.00471. The van der Waals surface area contributed by atoms with Crippen LogP contribution in [0.25, 0.3) is 11.0 Å². The first-order valence-electron chi connectivity index (χ1n) is 9.32. The monoisotopic (exact) mass is 434 g/mol. The van der Waals surface area contributed by atoms with Gasteiger partial charge in [-0.2, -0.15) is 15.1 Å². The fourth-order valence-corrected chi connectivity index (χ4v) is 3.19. The Labute approximate surface area is 175 Å². The smallest absolute Gasteiger partial charge is 0.320 e. The van der Waals surface area contributed by atoms with Crippen molar-refractivity contribution in [1.29, 1.82) is 0 Å². The fraction of sp³-hybridized carbons (Fsp3) is 0.421. The van der Waals surface area contributed by atoms with E-state index in [2.05, 4.69) is 20.4 Å². The molecule has 3 N–H and O–H groups in total. The Hall–Kier alpha value is -2.76. The number of sulfonamides is 1. The number of nitrogens with one attached hydrogen (secondary N) is 1. The summed E-state index contributed by atoms with van der Waals surface area (Å²) >= 11 is 0. The van der Waals surface area contributed by atoms with Crippen molar-refractivity contribution in [3.05, 3.63) is 36.0 Å². The lowest BCUT2D eigenvalue weighted by atomic mass is 10.1. The highest BCUT2D eigenvalue weighted by Gasteiger charge is 2.18. The lowest BCUT2D eigenvalue weighted by Gasteiger charge is -2.22. The van der Waals surface area contributed by atoms with Gasteiger partial charge < -0.3 is 14.8 Å². The number of anilines is 1. The normalized spacial score (nSPS) is 12.3. The summed E-state index contributed by atoms with van der Waals surface area (Å²) in [6.45, 7) is 4.78. The largest absolute Gasteiger partial charge is 0.463 e. The summed E-state index contributed by atoms with van der Waals surface area (Å²) in [6.07, 6.45) is 2.36. The van der Waals surface area contributed by atoms with Gasteiger partial charge in [-0.1, -0.05) is 12.1 Å². The lowest BCUT2D eigenvalue weighted by Crippen LogP contribution is -2.25. The highest BCUT2D eigenvalue weighted by molar-refractivity contribution is 7.89. The van der Waals surface area contributed by atoms with E-state index in [0.717, 1.165) is 10.9 Å². The minimum absolute atomic E-state index is 0.0672. The SMILES string of the molecule is COC(C)(C)CCOc1nc(NCc2ccc(S(N)(=O)=O)cc2)c2cnn(C)c2n1. The van der Waals surface area contributed by atoms with E-state index in [1.165, 1.54) is 12.1 Å². The summed E-state index contributed by atoms with van der Waals surface area (Å²) in [6, 6.07) is 6.57. The van der Waals surface area contributed by atoms with Gasteiger partial charge in [0.2, 0.25) is 10.0 Å². The molecule has 0 amide bonds. The van der Waals surface area contributed by atoms with Crippen molar-refractivity contribution < 1.29 is 17.9 Å². The van der Waals surface area contributed by atoms with Crippen molar-refractivity contribution in [2.45, 2.75) is 37.3 Å². The van der Waals surface area contributed by atoms with Crippen LogP contribution in [-0.2, 0) is 28.4 Å². The molecule has 2 heterocycles. The molecule has 30 heavy (non-hydrogen) atoms. The summed E-state index contributed by atoms with van der Waals surface area (Å²) in [7, 11) is -0.260. The third-order valence-electron chi connectivity index (χ3n) is 4.77. The Morgan fingerprint density at radius 2 is 1.90 bits per heavy atom. The Balaban J connectivity index is 1.77. The second-order valence-electron chi connectivity index (χ2n) is 7.47. The van der Waals surface area contributed by atoms with Gasteiger partial charge in [0.1, 0.15) is 5.82 Å². The molecule has 0 bridgehead atoms. The molecule has 0 aliphatic rings. The van der Waals surface area contributed by atoms with Gasteiger partial charge in [-0.3, -0.25) is 4.68 Å². The summed E-state index contributed by atoms with van der Waals surface area (Å²) in [5.41, 5.74) is 1.20. The van der Waals surface area contributed by atoms with Gasteiger partial charge >= 0.3 is 6.01 Å². The first-order chi connectivity index (χ1) is 14.1. The molecule has 0 aliphatic heterocycles. The van der Waals surface area contributed by atoms with Gasteiger partial charge in [0, 0.05) is 27.1 Å². The van der Waals surface area contributed by atoms with Crippen LogP contribution in [0.3, 0.4) is 0 Å². The number of fused-ring (bicyclic) bond motifs is 1. The van der Waals surface area contributed by atoms with E-state index in [4.69, 9.17) is 14.6 Å². The molecule has 0 aliphatic carbocycles. The maximum atomic E-state index is 11.4. The van der Waals surface area contributed by atoms with Crippen molar-refractivity contribution in [2.24, 2.45) is 12.2 Å². The maximum absolute atomic E-state index is 11.4. The van der Waals surface area contributed by atoms with E-state index in [-0.39, 0.29) is 16.5 Å². The highest BCUT2D eigenvalue weighted by Crippen LogP contribution is 2.23. The predicted octanol–water partition coefficient (Wildman–Crippen LogP) is 1.82. The Bertz CT molecular complexity index is 1130. The fourth-order valence-electron chi connectivity index (χ4n) is 2.67. The number of aryl methyl sites for hydroxylation is 1. The number of hydrogen-bond donors (Lipinski definition) is 2. The molecule has 11 heteroatoms. The molecule has 0 spiro atoms. The Morgan fingerprint density at radius 1 is 1.20 bits per heavy atom. The highest BCUT2D eigenvalue weighted by atomic mass is 32.2. The second-order valence-corrected chi connectivity index (χ2v) is 9.03. The zero-order valence-corrected chi connectivity index (χ0v) is 18.2. The number of benzene rings is 1. The predicted molar refractivity (Wildman–Crippen MR) is 113 cm³/mol. The minimum Gasteiger partial charge on any atom is -0.463 e. The van der Waals surface area contributed by atoms with Gasteiger partial charge in [-0.05, 0) is 31.5 Å². The van der Waals surface area contributed by atoms with E-state index >= 15 is 0 Å². The summed E-state index contributed by atoms with van der Waals surface area (Å²) in [5, 5.41) is 13.4. The van der Waals surface area contributed by atoms with Crippen LogP contribution in [0.15, 0.2) is 35.4 Å². The number of rotatable bonds is 9. The molecule has 0 unspecified atom stereocenters. The van der Waals surface area contributed by atoms with E-state index in [0.29, 0.717) is 31.0 Å². The summed E-state index contributed by atoms with van der Waals surface area (Å²) < 4.78 is 35.6.